The van der Waals surface area contributed by atoms with Crippen molar-refractivity contribution in [3.8, 4) is 5.75 Å². The molecule has 0 spiro atoms. The van der Waals surface area contributed by atoms with Gasteiger partial charge in [-0.1, -0.05) is 30.6 Å². The average Bonchev–Trinajstić information content (AvgIpc) is 2.86. The highest BCUT2D eigenvalue weighted by molar-refractivity contribution is 5.86. The van der Waals surface area contributed by atoms with Crippen molar-refractivity contribution in [2.75, 3.05) is 0 Å². The lowest BCUT2D eigenvalue weighted by atomic mass is 10.2. The second kappa shape index (κ2) is 5.44. The van der Waals surface area contributed by atoms with E-state index in [9.17, 15) is 0 Å². The maximum atomic E-state index is 8.74. The number of nitrogens with zero attached hydrogens (tertiary/aromatic N) is 1. The van der Waals surface area contributed by atoms with Gasteiger partial charge in [-0.15, -0.1) is 0 Å². The number of furan rings is 1. The molecule has 0 aliphatic heterocycles. The summed E-state index contributed by atoms with van der Waals surface area (Å²) in [5.74, 6) is 0.669. The molecule has 3 N–H and O–H groups in total. The molecular weight excluding hydrogens is 232 g/mol. The SMILES string of the molecule is CCCC(Oc1cccc2ccoc12)C(N)=NO. The quantitative estimate of drug-likeness (QED) is 0.369. The Balaban J connectivity index is 2.28. The molecule has 18 heavy (non-hydrogen) atoms. The van der Waals surface area contributed by atoms with Gasteiger partial charge in [-0.3, -0.25) is 0 Å². The van der Waals surface area contributed by atoms with Crippen LogP contribution in [0.5, 0.6) is 5.75 Å². The molecule has 0 bridgehead atoms. The first kappa shape index (κ1) is 12.3. The van der Waals surface area contributed by atoms with Gasteiger partial charge in [-0.25, -0.2) is 0 Å². The van der Waals surface area contributed by atoms with Crippen LogP contribution in [0.4, 0.5) is 0 Å². The van der Waals surface area contributed by atoms with Crippen molar-refractivity contribution in [3.63, 3.8) is 0 Å². The zero-order valence-electron chi connectivity index (χ0n) is 10.2. The lowest BCUT2D eigenvalue weighted by Gasteiger charge is -2.17. The van der Waals surface area contributed by atoms with Gasteiger partial charge in [-0.05, 0) is 18.6 Å². The van der Waals surface area contributed by atoms with Crippen molar-refractivity contribution in [2.45, 2.75) is 25.9 Å². The van der Waals surface area contributed by atoms with Crippen molar-refractivity contribution in [3.05, 3.63) is 30.5 Å². The number of nitrogens with two attached hydrogens (primary N) is 1. The second-order valence-electron chi connectivity index (χ2n) is 4.02. The molecular formula is C13H16N2O3. The van der Waals surface area contributed by atoms with E-state index in [1.165, 1.54) is 0 Å². The molecule has 5 heteroatoms. The number of amidine groups is 1. The molecule has 0 saturated carbocycles. The molecule has 0 aliphatic rings. The minimum absolute atomic E-state index is 0.0698. The molecule has 1 heterocycles. The summed E-state index contributed by atoms with van der Waals surface area (Å²) in [4.78, 5) is 0. The Morgan fingerprint density at radius 2 is 2.33 bits per heavy atom. The number of fused-ring (bicyclic) bond motifs is 1. The fraction of sp³-hybridized carbons (Fsp3) is 0.308. The van der Waals surface area contributed by atoms with Gasteiger partial charge >= 0.3 is 0 Å². The van der Waals surface area contributed by atoms with Gasteiger partial charge in [0, 0.05) is 5.39 Å². The Morgan fingerprint density at radius 1 is 1.50 bits per heavy atom. The van der Waals surface area contributed by atoms with E-state index in [2.05, 4.69) is 5.16 Å². The maximum absolute atomic E-state index is 8.74. The van der Waals surface area contributed by atoms with Crippen molar-refractivity contribution < 1.29 is 14.4 Å². The summed E-state index contributed by atoms with van der Waals surface area (Å²) in [6.07, 6.45) is 2.70. The third-order valence-electron chi connectivity index (χ3n) is 2.71. The molecule has 0 fully saturated rings. The van der Waals surface area contributed by atoms with Crippen molar-refractivity contribution in [1.82, 2.24) is 0 Å². The first-order valence-corrected chi connectivity index (χ1v) is 5.86. The lowest BCUT2D eigenvalue weighted by Crippen LogP contribution is -2.34. The molecule has 1 aromatic heterocycles. The van der Waals surface area contributed by atoms with E-state index in [1.807, 2.05) is 25.1 Å². The normalized spacial score (nSPS) is 13.7. The van der Waals surface area contributed by atoms with E-state index in [0.717, 1.165) is 11.8 Å². The van der Waals surface area contributed by atoms with Crippen LogP contribution in [0.3, 0.4) is 0 Å². The van der Waals surface area contributed by atoms with Gasteiger partial charge in [0.05, 0.1) is 6.26 Å². The van der Waals surface area contributed by atoms with Gasteiger partial charge in [-0.2, -0.15) is 0 Å². The summed E-state index contributed by atoms with van der Waals surface area (Å²) in [6.45, 7) is 2.01. The second-order valence-corrected chi connectivity index (χ2v) is 4.02. The summed E-state index contributed by atoms with van der Waals surface area (Å²) in [6, 6.07) is 7.48. The number of hydrogen-bond donors (Lipinski definition) is 2. The van der Waals surface area contributed by atoms with E-state index in [1.54, 1.807) is 12.3 Å². The number of hydrogen-bond acceptors (Lipinski definition) is 4. The summed E-state index contributed by atoms with van der Waals surface area (Å²) in [5.41, 5.74) is 6.29. The van der Waals surface area contributed by atoms with Crippen molar-refractivity contribution >= 4 is 16.8 Å². The molecule has 2 aromatic rings. The third-order valence-corrected chi connectivity index (χ3v) is 2.71. The molecule has 96 valence electrons. The van der Waals surface area contributed by atoms with E-state index < -0.39 is 6.10 Å². The van der Waals surface area contributed by atoms with Gasteiger partial charge in [0.25, 0.3) is 0 Å². The van der Waals surface area contributed by atoms with Crippen molar-refractivity contribution in [1.29, 1.82) is 0 Å². The third kappa shape index (κ3) is 2.40. The minimum Gasteiger partial charge on any atom is -0.478 e. The number of para-hydroxylation sites is 1. The maximum Gasteiger partial charge on any atom is 0.180 e. The van der Waals surface area contributed by atoms with Crippen molar-refractivity contribution in [2.24, 2.45) is 10.9 Å². The van der Waals surface area contributed by atoms with Gasteiger partial charge in [0.2, 0.25) is 0 Å². The fourth-order valence-corrected chi connectivity index (χ4v) is 1.81. The van der Waals surface area contributed by atoms with E-state index in [0.29, 0.717) is 17.8 Å². The van der Waals surface area contributed by atoms with E-state index in [4.69, 9.17) is 20.1 Å². The first-order valence-electron chi connectivity index (χ1n) is 5.86. The highest BCUT2D eigenvalue weighted by Gasteiger charge is 2.17. The van der Waals surface area contributed by atoms with Gasteiger partial charge < -0.3 is 20.1 Å². The molecule has 0 amide bonds. The Hall–Kier alpha value is -2.17. The lowest BCUT2D eigenvalue weighted by molar-refractivity contribution is 0.240. The van der Waals surface area contributed by atoms with Gasteiger partial charge in [0.1, 0.15) is 0 Å². The molecule has 0 saturated heterocycles. The predicted octanol–water partition coefficient (Wildman–Crippen LogP) is 2.73. The number of rotatable bonds is 5. The Morgan fingerprint density at radius 3 is 3.06 bits per heavy atom. The largest absolute Gasteiger partial charge is 0.478 e. The Bertz CT molecular complexity index is 548. The standard InChI is InChI=1S/C13H16N2O3/c1-2-4-11(13(14)15-16)18-10-6-3-5-9-7-8-17-12(9)10/h3,5-8,11,16H,2,4H2,1H3,(H2,14,15). The zero-order chi connectivity index (χ0) is 13.0. The molecule has 2 rings (SSSR count). The van der Waals surface area contributed by atoms with Crippen LogP contribution in [0, 0.1) is 0 Å². The Labute approximate surface area is 105 Å². The van der Waals surface area contributed by atoms with Crippen LogP contribution in [0.1, 0.15) is 19.8 Å². The molecule has 0 radical (unpaired) electrons. The summed E-state index contributed by atoms with van der Waals surface area (Å²) in [7, 11) is 0. The van der Waals surface area contributed by atoms with Crippen LogP contribution < -0.4 is 10.5 Å². The van der Waals surface area contributed by atoms with Gasteiger partial charge in [0.15, 0.2) is 23.3 Å². The van der Waals surface area contributed by atoms with Crippen LogP contribution in [0.25, 0.3) is 11.0 Å². The van der Waals surface area contributed by atoms with Crippen LogP contribution >= 0.6 is 0 Å². The number of benzene rings is 1. The summed E-state index contributed by atoms with van der Waals surface area (Å²) < 4.78 is 11.1. The predicted molar refractivity (Wildman–Crippen MR) is 68.9 cm³/mol. The molecule has 1 aromatic carbocycles. The fourth-order valence-electron chi connectivity index (χ4n) is 1.81. The minimum atomic E-state index is -0.448. The number of ether oxygens (including phenoxy) is 1. The van der Waals surface area contributed by atoms with Crippen LogP contribution in [-0.4, -0.2) is 17.1 Å². The number of oxime groups is 1. The first-order chi connectivity index (χ1) is 8.76. The Kier molecular flexibility index (Phi) is 3.72. The van der Waals surface area contributed by atoms with E-state index >= 15 is 0 Å². The van der Waals surface area contributed by atoms with Crippen LogP contribution in [0.15, 0.2) is 40.1 Å². The highest BCUT2D eigenvalue weighted by atomic mass is 16.5. The zero-order valence-corrected chi connectivity index (χ0v) is 10.2. The highest BCUT2D eigenvalue weighted by Crippen LogP contribution is 2.27. The molecule has 1 atom stereocenters. The molecule has 5 nitrogen and oxygen atoms in total. The molecule has 1 unspecified atom stereocenters. The topological polar surface area (TPSA) is 81.0 Å². The summed E-state index contributed by atoms with van der Waals surface area (Å²) in [5, 5.41) is 12.7. The average molecular weight is 248 g/mol. The van der Waals surface area contributed by atoms with Crippen LogP contribution in [0.2, 0.25) is 0 Å². The monoisotopic (exact) mass is 248 g/mol. The van der Waals surface area contributed by atoms with Crippen LogP contribution in [-0.2, 0) is 0 Å². The van der Waals surface area contributed by atoms with E-state index in [-0.39, 0.29) is 5.84 Å². The summed E-state index contributed by atoms with van der Waals surface area (Å²) >= 11 is 0. The smallest absolute Gasteiger partial charge is 0.180 e. The molecule has 0 aliphatic carbocycles.